The minimum absolute atomic E-state index is 0.0798. The van der Waals surface area contributed by atoms with Gasteiger partial charge in [-0.3, -0.25) is 4.57 Å². The van der Waals surface area contributed by atoms with Crippen molar-refractivity contribution in [3.63, 3.8) is 0 Å². The molecule has 0 amide bonds. The van der Waals surface area contributed by atoms with Crippen molar-refractivity contribution in [1.29, 1.82) is 0 Å². The molecule has 0 atom stereocenters. The van der Waals surface area contributed by atoms with Gasteiger partial charge in [-0.15, -0.1) is 0 Å². The summed E-state index contributed by atoms with van der Waals surface area (Å²) in [6, 6.07) is 9.33. The summed E-state index contributed by atoms with van der Waals surface area (Å²) in [5.74, 6) is 0.244. The van der Waals surface area contributed by atoms with E-state index in [9.17, 15) is 13.2 Å². The van der Waals surface area contributed by atoms with Crippen LogP contribution >= 0.6 is 0 Å². The van der Waals surface area contributed by atoms with E-state index < -0.39 is 15.6 Å². The van der Waals surface area contributed by atoms with Crippen LogP contribution in [-0.4, -0.2) is 27.2 Å². The fourth-order valence-electron chi connectivity index (χ4n) is 2.56. The number of oxazole rings is 1. The number of fused-ring (bicyclic) bond motifs is 1. The van der Waals surface area contributed by atoms with Gasteiger partial charge < -0.3 is 13.9 Å². The van der Waals surface area contributed by atoms with E-state index in [2.05, 4.69) is 0 Å². The lowest BCUT2D eigenvalue weighted by Crippen LogP contribution is -2.08. The largest absolute Gasteiger partial charge is 0.497 e. The van der Waals surface area contributed by atoms with Gasteiger partial charge in [0.05, 0.1) is 30.4 Å². The molecule has 0 saturated carbocycles. The van der Waals surface area contributed by atoms with E-state index in [1.807, 2.05) is 0 Å². The highest BCUT2D eigenvalue weighted by Gasteiger charge is 2.19. The van der Waals surface area contributed by atoms with Crippen molar-refractivity contribution < 1.29 is 22.3 Å². The quantitative estimate of drug-likeness (QED) is 0.690. The number of hydrogen-bond donors (Lipinski definition) is 0. The van der Waals surface area contributed by atoms with Crippen molar-refractivity contribution in [2.24, 2.45) is 7.05 Å². The van der Waals surface area contributed by atoms with E-state index in [1.54, 1.807) is 31.3 Å². The molecular weight excluding hydrogens is 346 g/mol. The van der Waals surface area contributed by atoms with Crippen molar-refractivity contribution in [3.8, 4) is 11.5 Å². The van der Waals surface area contributed by atoms with Gasteiger partial charge in [0.15, 0.2) is 15.4 Å². The summed E-state index contributed by atoms with van der Waals surface area (Å²) >= 11 is 0. The minimum atomic E-state index is -3.64. The molecule has 8 heteroatoms. The first-order chi connectivity index (χ1) is 11.8. The monoisotopic (exact) mass is 363 g/mol. The number of nitrogens with zero attached hydrogens (tertiary/aromatic N) is 1. The molecule has 3 aromatic rings. The molecule has 0 aliphatic rings. The van der Waals surface area contributed by atoms with E-state index in [-0.39, 0.29) is 16.2 Å². The molecule has 0 bridgehead atoms. The second kappa shape index (κ2) is 6.29. The molecule has 0 spiro atoms. The van der Waals surface area contributed by atoms with Crippen LogP contribution in [0.25, 0.3) is 11.1 Å². The number of aryl methyl sites for hydroxylation is 1. The zero-order chi connectivity index (χ0) is 18.2. The molecule has 0 saturated heterocycles. The molecule has 1 heterocycles. The Bertz CT molecular complexity index is 1070. The van der Waals surface area contributed by atoms with E-state index in [0.29, 0.717) is 22.6 Å². The van der Waals surface area contributed by atoms with Crippen molar-refractivity contribution >= 4 is 20.9 Å². The van der Waals surface area contributed by atoms with Crippen LogP contribution < -0.4 is 15.2 Å². The Labute approximate surface area is 144 Å². The summed E-state index contributed by atoms with van der Waals surface area (Å²) in [4.78, 5) is 11.6. The maximum Gasteiger partial charge on any atom is 0.419 e. The lowest BCUT2D eigenvalue weighted by atomic mass is 10.2. The highest BCUT2D eigenvalue weighted by Crippen LogP contribution is 2.26. The van der Waals surface area contributed by atoms with Crippen LogP contribution in [-0.2, 0) is 22.6 Å². The number of aromatic nitrogens is 1. The van der Waals surface area contributed by atoms with Crippen LogP contribution in [0.2, 0.25) is 0 Å². The molecule has 132 valence electrons. The normalized spacial score (nSPS) is 11.6. The predicted molar refractivity (Wildman–Crippen MR) is 91.9 cm³/mol. The number of benzene rings is 2. The molecule has 0 fully saturated rings. The van der Waals surface area contributed by atoms with Crippen molar-refractivity contribution in [3.05, 3.63) is 52.5 Å². The molecule has 1 aromatic heterocycles. The van der Waals surface area contributed by atoms with Crippen LogP contribution in [0.3, 0.4) is 0 Å². The maximum atomic E-state index is 12.7. The van der Waals surface area contributed by atoms with E-state index in [0.717, 1.165) is 0 Å². The molecule has 0 aliphatic carbocycles. The zero-order valence-electron chi connectivity index (χ0n) is 14.0. The molecule has 0 unspecified atom stereocenters. The molecule has 7 nitrogen and oxygen atoms in total. The van der Waals surface area contributed by atoms with Gasteiger partial charge in [-0.2, -0.15) is 0 Å². The first-order valence-corrected chi connectivity index (χ1v) is 9.03. The lowest BCUT2D eigenvalue weighted by Gasteiger charge is -2.09. The average Bonchev–Trinajstić information content (AvgIpc) is 2.88. The third kappa shape index (κ3) is 3.25. The number of rotatable bonds is 5. The molecule has 0 N–H and O–H groups in total. The standard InChI is InChI=1S/C17H17NO6S/c1-18-15-5-4-14(9-16(15)24-17(18)19)25(20,21)10-11-6-12(22-2)8-13(7-11)23-3/h4-9H,10H2,1-3H3. The Hall–Kier alpha value is -2.74. The number of hydrogen-bond acceptors (Lipinski definition) is 6. The van der Waals surface area contributed by atoms with E-state index >= 15 is 0 Å². The van der Waals surface area contributed by atoms with Crippen LogP contribution in [0.5, 0.6) is 11.5 Å². The van der Waals surface area contributed by atoms with Gasteiger partial charge in [-0.05, 0) is 29.8 Å². The Morgan fingerprint density at radius 3 is 2.28 bits per heavy atom. The average molecular weight is 363 g/mol. The number of ether oxygens (including phenoxy) is 2. The van der Waals surface area contributed by atoms with Crippen LogP contribution in [0, 0.1) is 0 Å². The van der Waals surface area contributed by atoms with Crippen LogP contribution in [0.1, 0.15) is 5.56 Å². The summed E-state index contributed by atoms with van der Waals surface area (Å²) < 4.78 is 42.2. The zero-order valence-corrected chi connectivity index (χ0v) is 14.8. The number of sulfone groups is 1. The molecule has 2 aromatic carbocycles. The van der Waals surface area contributed by atoms with Crippen molar-refractivity contribution in [1.82, 2.24) is 4.57 Å². The second-order valence-corrected chi connectivity index (χ2v) is 7.53. The summed E-state index contributed by atoms with van der Waals surface area (Å²) in [6.45, 7) is 0. The third-order valence-electron chi connectivity index (χ3n) is 3.89. The summed E-state index contributed by atoms with van der Waals surface area (Å²) in [5, 5.41) is 0. The molecule has 0 aliphatic heterocycles. The molecule has 25 heavy (non-hydrogen) atoms. The predicted octanol–water partition coefficient (Wildman–Crippen LogP) is 2.12. The summed E-state index contributed by atoms with van der Waals surface area (Å²) in [7, 11) is 0.916. The first kappa shape index (κ1) is 17.1. The summed E-state index contributed by atoms with van der Waals surface area (Å²) in [6.07, 6.45) is 0. The van der Waals surface area contributed by atoms with Gasteiger partial charge in [-0.25, -0.2) is 13.2 Å². The Morgan fingerprint density at radius 1 is 1.04 bits per heavy atom. The Morgan fingerprint density at radius 2 is 1.68 bits per heavy atom. The van der Waals surface area contributed by atoms with Gasteiger partial charge in [0, 0.05) is 19.2 Å². The van der Waals surface area contributed by atoms with Crippen LogP contribution in [0.4, 0.5) is 0 Å². The first-order valence-electron chi connectivity index (χ1n) is 7.38. The Balaban J connectivity index is 2.01. The summed E-state index contributed by atoms with van der Waals surface area (Å²) in [5.41, 5.74) is 1.30. The van der Waals surface area contributed by atoms with Gasteiger partial charge in [-0.1, -0.05) is 0 Å². The molecule has 0 radical (unpaired) electrons. The molecular formula is C17H17NO6S. The second-order valence-electron chi connectivity index (χ2n) is 5.54. The smallest absolute Gasteiger partial charge is 0.419 e. The fourth-order valence-corrected chi connectivity index (χ4v) is 3.89. The van der Waals surface area contributed by atoms with Gasteiger partial charge in [0.1, 0.15) is 11.5 Å². The third-order valence-corrected chi connectivity index (χ3v) is 5.58. The van der Waals surface area contributed by atoms with Gasteiger partial charge in [0.2, 0.25) is 0 Å². The number of methoxy groups -OCH3 is 2. The molecule has 3 rings (SSSR count). The highest BCUT2D eigenvalue weighted by molar-refractivity contribution is 7.90. The van der Waals surface area contributed by atoms with Gasteiger partial charge >= 0.3 is 5.76 Å². The van der Waals surface area contributed by atoms with Crippen molar-refractivity contribution in [2.75, 3.05) is 14.2 Å². The topological polar surface area (TPSA) is 87.7 Å². The lowest BCUT2D eigenvalue weighted by molar-refractivity contribution is 0.393. The Kier molecular flexibility index (Phi) is 4.30. The highest BCUT2D eigenvalue weighted by atomic mass is 32.2. The SMILES string of the molecule is COc1cc(CS(=O)(=O)c2ccc3c(c2)oc(=O)n3C)cc(OC)c1. The fraction of sp³-hybridized carbons (Fsp3) is 0.235. The van der Waals surface area contributed by atoms with Crippen LogP contribution in [0.15, 0.2) is 50.5 Å². The van der Waals surface area contributed by atoms with Crippen molar-refractivity contribution in [2.45, 2.75) is 10.6 Å². The minimum Gasteiger partial charge on any atom is -0.497 e. The maximum absolute atomic E-state index is 12.7. The van der Waals surface area contributed by atoms with Gasteiger partial charge in [0.25, 0.3) is 0 Å². The van der Waals surface area contributed by atoms with E-state index in [1.165, 1.54) is 30.9 Å². The van der Waals surface area contributed by atoms with E-state index in [4.69, 9.17) is 13.9 Å².